The van der Waals surface area contributed by atoms with Crippen molar-refractivity contribution < 1.29 is 23.8 Å². The van der Waals surface area contributed by atoms with Gasteiger partial charge in [0.15, 0.2) is 5.82 Å². The fourth-order valence-corrected chi connectivity index (χ4v) is 7.48. The fourth-order valence-electron chi connectivity index (χ4n) is 7.48. The molecule has 1 aromatic carbocycles. The number of carbonyl (C=O) groups excluding carboxylic acids is 2. The summed E-state index contributed by atoms with van der Waals surface area (Å²) in [6.07, 6.45) is 7.38. The van der Waals surface area contributed by atoms with Crippen LogP contribution < -0.4 is 15.0 Å². The second-order valence-corrected chi connectivity index (χ2v) is 12.7. The summed E-state index contributed by atoms with van der Waals surface area (Å²) in [5.41, 5.74) is 2.87. The van der Waals surface area contributed by atoms with Crippen LogP contribution in [0.15, 0.2) is 36.4 Å². The Bertz CT molecular complexity index is 1530. The van der Waals surface area contributed by atoms with Crippen LogP contribution in [0.4, 0.5) is 11.5 Å². The number of fused-ring (bicyclic) bond motifs is 3. The van der Waals surface area contributed by atoms with Crippen molar-refractivity contribution in [2.24, 2.45) is 0 Å². The van der Waals surface area contributed by atoms with Gasteiger partial charge in [-0.2, -0.15) is 15.2 Å². The molecule has 1 spiro atoms. The number of nitrogens with zero attached hydrogens (tertiary/aromatic N) is 6. The van der Waals surface area contributed by atoms with Crippen LogP contribution >= 0.6 is 0 Å². The van der Waals surface area contributed by atoms with Crippen LogP contribution in [0.3, 0.4) is 0 Å². The van der Waals surface area contributed by atoms with Gasteiger partial charge in [-0.25, -0.2) is 0 Å². The van der Waals surface area contributed by atoms with Crippen molar-refractivity contribution in [2.75, 3.05) is 70.9 Å². The molecular formula is C34H43N7O5. The van der Waals surface area contributed by atoms with Crippen molar-refractivity contribution in [3.05, 3.63) is 53.2 Å². The number of anilines is 2. The van der Waals surface area contributed by atoms with Crippen molar-refractivity contribution >= 4 is 23.3 Å². The highest BCUT2D eigenvalue weighted by Crippen LogP contribution is 2.46. The zero-order valence-electron chi connectivity index (χ0n) is 26.9. The molecule has 244 valence electrons. The molecule has 0 radical (unpaired) electrons. The number of rotatable bonds is 9. The third-order valence-corrected chi connectivity index (χ3v) is 9.97. The summed E-state index contributed by atoms with van der Waals surface area (Å²) < 4.78 is 16.9. The van der Waals surface area contributed by atoms with Crippen LogP contribution in [0.2, 0.25) is 0 Å². The molecule has 3 aliphatic heterocycles. The van der Waals surface area contributed by atoms with Gasteiger partial charge in [0.05, 0.1) is 42.4 Å². The molecule has 12 nitrogen and oxygen atoms in total. The largest absolute Gasteiger partial charge is 0.462 e. The monoisotopic (exact) mass is 629 g/mol. The summed E-state index contributed by atoms with van der Waals surface area (Å²) in [7, 11) is 5.37. The number of likely N-dealkylation sites (N-methyl/N-ethyl adjacent to an activating group) is 1. The Labute approximate surface area is 270 Å². The number of nitriles is 1. The number of amides is 2. The first-order chi connectivity index (χ1) is 22.4. The number of carbonyl (C=O) groups is 2. The van der Waals surface area contributed by atoms with Gasteiger partial charge in [0, 0.05) is 58.9 Å². The molecule has 4 aliphatic rings. The Morgan fingerprint density at radius 2 is 2.04 bits per heavy atom. The summed E-state index contributed by atoms with van der Waals surface area (Å²) in [5, 5.41) is 12.9. The average molecular weight is 630 g/mol. The van der Waals surface area contributed by atoms with E-state index < -0.39 is 5.41 Å². The van der Waals surface area contributed by atoms with Crippen LogP contribution in [0.5, 0.6) is 6.01 Å². The smallest absolute Gasteiger partial charge is 0.318 e. The van der Waals surface area contributed by atoms with E-state index in [1.165, 1.54) is 11.6 Å². The maximum absolute atomic E-state index is 14.1. The van der Waals surface area contributed by atoms with Crippen LogP contribution in [-0.4, -0.2) is 110 Å². The van der Waals surface area contributed by atoms with E-state index in [0.29, 0.717) is 50.8 Å². The molecule has 12 heteroatoms. The standard InChI is InChI=1S/C34H43N7O5/c1-39-21-26(45-3)18-25(39)22-46-33-36-28-19-34(13-6-9-23-8-4-5-10-27(23)34)32(43)37-30(28)31(38-33)40-15-16-41(24(20-40)12-14-35)29(42)11-7-17-44-2/h4-5,7-8,10-11,24-26H,6,9,12-13,15-22H2,1-3H3,(H,37,43)/b11-7+/t24-,25-,26+,34?/m0/s1. The third kappa shape index (κ3) is 6.19. The topological polar surface area (TPSA) is 133 Å². The molecule has 0 bridgehead atoms. The minimum Gasteiger partial charge on any atom is -0.462 e. The molecule has 4 atom stereocenters. The average Bonchev–Trinajstić information content (AvgIpc) is 3.43. The minimum atomic E-state index is -0.717. The Balaban J connectivity index is 1.33. The van der Waals surface area contributed by atoms with Gasteiger partial charge >= 0.3 is 6.01 Å². The number of hydrogen-bond donors (Lipinski definition) is 1. The van der Waals surface area contributed by atoms with Gasteiger partial charge in [0.1, 0.15) is 12.3 Å². The maximum Gasteiger partial charge on any atom is 0.318 e. The van der Waals surface area contributed by atoms with E-state index >= 15 is 0 Å². The van der Waals surface area contributed by atoms with Gasteiger partial charge in [-0.05, 0) is 43.9 Å². The van der Waals surface area contributed by atoms with Crippen LogP contribution in [0, 0.1) is 11.3 Å². The van der Waals surface area contributed by atoms with E-state index in [9.17, 15) is 14.9 Å². The summed E-state index contributed by atoms with van der Waals surface area (Å²) in [6, 6.07) is 10.5. The highest BCUT2D eigenvalue weighted by Gasteiger charge is 2.48. The first-order valence-corrected chi connectivity index (χ1v) is 16.1. The third-order valence-electron chi connectivity index (χ3n) is 9.97. The Hall–Kier alpha value is -4.05. The van der Waals surface area contributed by atoms with Crippen molar-refractivity contribution in [3.8, 4) is 12.1 Å². The van der Waals surface area contributed by atoms with Crippen molar-refractivity contribution in [3.63, 3.8) is 0 Å². The minimum absolute atomic E-state index is 0.0467. The van der Waals surface area contributed by atoms with E-state index in [-0.39, 0.29) is 42.4 Å². The van der Waals surface area contributed by atoms with Gasteiger partial charge in [0.25, 0.3) is 0 Å². The van der Waals surface area contributed by atoms with E-state index in [0.717, 1.165) is 43.5 Å². The quantitative estimate of drug-likeness (QED) is 0.413. The molecule has 2 saturated heterocycles. The van der Waals surface area contributed by atoms with Crippen LogP contribution in [0.1, 0.15) is 42.5 Å². The van der Waals surface area contributed by atoms with Gasteiger partial charge in [-0.3, -0.25) is 14.5 Å². The SMILES string of the molecule is COC/C=C/C(=O)N1CCN(c2nc(OC[C@@H]3C[C@@H](OC)CN3C)nc3c2NC(=O)C2(CCCc4ccccc42)C3)C[C@@H]1CC#N. The normalized spacial score (nSPS) is 26.1. The molecule has 1 aliphatic carbocycles. The molecular weight excluding hydrogens is 586 g/mol. The molecule has 0 saturated carbocycles. The van der Waals surface area contributed by atoms with Gasteiger partial charge in [-0.1, -0.05) is 30.3 Å². The molecule has 2 aromatic rings. The molecule has 1 aromatic heterocycles. The van der Waals surface area contributed by atoms with E-state index in [4.69, 9.17) is 24.2 Å². The summed E-state index contributed by atoms with van der Waals surface area (Å²) >= 11 is 0. The molecule has 2 fully saturated rings. The predicted octanol–water partition coefficient (Wildman–Crippen LogP) is 2.48. The Kier molecular flexibility index (Phi) is 9.54. The number of benzene rings is 1. The lowest BCUT2D eigenvalue weighted by Gasteiger charge is -2.44. The van der Waals surface area contributed by atoms with Crippen LogP contribution in [0.25, 0.3) is 0 Å². The molecule has 46 heavy (non-hydrogen) atoms. The van der Waals surface area contributed by atoms with E-state index in [1.54, 1.807) is 25.2 Å². The van der Waals surface area contributed by atoms with Gasteiger partial charge < -0.3 is 29.3 Å². The summed E-state index contributed by atoms with van der Waals surface area (Å²) in [5.74, 6) is 0.355. The van der Waals surface area contributed by atoms with Crippen molar-refractivity contribution in [1.29, 1.82) is 5.26 Å². The van der Waals surface area contributed by atoms with Crippen molar-refractivity contribution in [1.82, 2.24) is 19.8 Å². The fraction of sp³-hybridized carbons (Fsp3) is 0.559. The molecule has 4 heterocycles. The number of ether oxygens (including phenoxy) is 3. The molecule has 6 rings (SSSR count). The number of piperazine rings is 1. The lowest BCUT2D eigenvalue weighted by atomic mass is 9.65. The molecule has 2 amide bonds. The summed E-state index contributed by atoms with van der Waals surface area (Å²) in [6.45, 7) is 2.82. The first-order valence-electron chi connectivity index (χ1n) is 16.1. The molecule has 1 unspecified atom stereocenters. The second-order valence-electron chi connectivity index (χ2n) is 12.7. The highest BCUT2D eigenvalue weighted by atomic mass is 16.5. The molecule has 1 N–H and O–H groups in total. The lowest BCUT2D eigenvalue weighted by Crippen LogP contribution is -2.55. The van der Waals surface area contributed by atoms with E-state index in [2.05, 4.69) is 35.5 Å². The zero-order valence-corrected chi connectivity index (χ0v) is 26.9. The second kappa shape index (κ2) is 13.7. The number of nitrogens with one attached hydrogen (secondary N) is 1. The van der Waals surface area contributed by atoms with Crippen LogP contribution in [-0.2, 0) is 37.3 Å². The number of aryl methyl sites for hydroxylation is 1. The number of aromatic nitrogens is 2. The van der Waals surface area contributed by atoms with Crippen molar-refractivity contribution in [2.45, 2.75) is 62.1 Å². The maximum atomic E-state index is 14.1. The van der Waals surface area contributed by atoms with E-state index in [1.807, 2.05) is 17.0 Å². The Morgan fingerprint density at radius 3 is 2.83 bits per heavy atom. The Morgan fingerprint density at radius 1 is 1.20 bits per heavy atom. The predicted molar refractivity (Wildman–Crippen MR) is 172 cm³/mol. The number of methoxy groups -OCH3 is 2. The number of hydrogen-bond acceptors (Lipinski definition) is 10. The number of likely N-dealkylation sites (tertiary alicyclic amines) is 1. The highest BCUT2D eigenvalue weighted by molar-refractivity contribution is 6.04. The van der Waals surface area contributed by atoms with Gasteiger partial charge in [-0.15, -0.1) is 0 Å². The summed E-state index contributed by atoms with van der Waals surface area (Å²) in [4.78, 5) is 42.9. The first kappa shape index (κ1) is 31.9. The zero-order chi connectivity index (χ0) is 32.3. The van der Waals surface area contributed by atoms with Gasteiger partial charge in [0.2, 0.25) is 11.8 Å². The lowest BCUT2D eigenvalue weighted by molar-refractivity contribution is -0.128.